The van der Waals surface area contributed by atoms with E-state index >= 15 is 0 Å². The van der Waals surface area contributed by atoms with E-state index in [9.17, 15) is 0 Å². The van der Waals surface area contributed by atoms with Crippen LogP contribution in [0, 0.1) is 5.92 Å². The Morgan fingerprint density at radius 1 is 1.44 bits per heavy atom. The third-order valence-electron chi connectivity index (χ3n) is 3.51. The number of hydrogen-bond acceptors (Lipinski definition) is 2. The Balaban J connectivity index is 1.86. The Bertz CT molecular complexity index is 311. The standard InChI is InChI=1S/C13H23N3/c1-11(2)16-13(7-10-15-16)4-3-12-5-8-14-9-6-12/h7,10-12,14H,3-6,8-9H2,1-2H3. The van der Waals surface area contributed by atoms with Gasteiger partial charge in [0.25, 0.3) is 0 Å². The third-order valence-corrected chi connectivity index (χ3v) is 3.51. The fraction of sp³-hybridized carbons (Fsp3) is 0.769. The lowest BCUT2D eigenvalue weighted by Crippen LogP contribution is -2.28. The maximum absolute atomic E-state index is 4.38. The first-order valence-electron chi connectivity index (χ1n) is 6.50. The number of hydrogen-bond donors (Lipinski definition) is 1. The Morgan fingerprint density at radius 3 is 2.88 bits per heavy atom. The summed E-state index contributed by atoms with van der Waals surface area (Å²) in [7, 11) is 0. The molecule has 0 aromatic carbocycles. The van der Waals surface area contributed by atoms with Crippen LogP contribution >= 0.6 is 0 Å². The van der Waals surface area contributed by atoms with Crippen LogP contribution in [0.3, 0.4) is 0 Å². The van der Waals surface area contributed by atoms with Gasteiger partial charge in [-0.05, 0) is 64.6 Å². The molecule has 2 heterocycles. The van der Waals surface area contributed by atoms with Gasteiger partial charge in [-0.25, -0.2) is 0 Å². The van der Waals surface area contributed by atoms with E-state index in [2.05, 4.69) is 35.0 Å². The second-order valence-electron chi connectivity index (χ2n) is 5.09. The summed E-state index contributed by atoms with van der Waals surface area (Å²) >= 11 is 0. The monoisotopic (exact) mass is 221 g/mol. The molecule has 90 valence electrons. The molecule has 0 atom stereocenters. The minimum Gasteiger partial charge on any atom is -0.317 e. The van der Waals surface area contributed by atoms with Crippen LogP contribution < -0.4 is 5.32 Å². The number of nitrogens with one attached hydrogen (secondary N) is 1. The van der Waals surface area contributed by atoms with E-state index < -0.39 is 0 Å². The van der Waals surface area contributed by atoms with Gasteiger partial charge in [0.1, 0.15) is 0 Å². The summed E-state index contributed by atoms with van der Waals surface area (Å²) in [5.74, 6) is 0.914. The highest BCUT2D eigenvalue weighted by atomic mass is 15.3. The van der Waals surface area contributed by atoms with E-state index in [-0.39, 0.29) is 0 Å². The van der Waals surface area contributed by atoms with Gasteiger partial charge in [-0.2, -0.15) is 5.10 Å². The molecule has 1 aliphatic rings. The minimum absolute atomic E-state index is 0.484. The molecule has 1 aliphatic heterocycles. The normalized spacial score (nSPS) is 18.2. The molecule has 2 rings (SSSR count). The second kappa shape index (κ2) is 5.48. The molecule has 0 saturated carbocycles. The molecule has 1 aromatic rings. The van der Waals surface area contributed by atoms with Crippen molar-refractivity contribution in [1.29, 1.82) is 0 Å². The van der Waals surface area contributed by atoms with Crippen molar-refractivity contribution in [1.82, 2.24) is 15.1 Å². The van der Waals surface area contributed by atoms with Crippen molar-refractivity contribution < 1.29 is 0 Å². The van der Waals surface area contributed by atoms with Crippen LogP contribution in [-0.4, -0.2) is 22.9 Å². The molecule has 1 fully saturated rings. The van der Waals surface area contributed by atoms with Crippen LogP contribution in [0.1, 0.15) is 44.8 Å². The smallest absolute Gasteiger partial charge is 0.0492 e. The van der Waals surface area contributed by atoms with Crippen molar-refractivity contribution >= 4 is 0 Å². The van der Waals surface area contributed by atoms with Gasteiger partial charge in [0.05, 0.1) is 0 Å². The average molecular weight is 221 g/mol. The average Bonchev–Trinajstić information content (AvgIpc) is 2.76. The van der Waals surface area contributed by atoms with Gasteiger partial charge in [-0.1, -0.05) is 0 Å². The van der Waals surface area contributed by atoms with Gasteiger partial charge in [-0.15, -0.1) is 0 Å². The largest absolute Gasteiger partial charge is 0.317 e. The highest BCUT2D eigenvalue weighted by Gasteiger charge is 2.14. The topological polar surface area (TPSA) is 29.9 Å². The van der Waals surface area contributed by atoms with Crippen molar-refractivity contribution in [3.8, 4) is 0 Å². The van der Waals surface area contributed by atoms with Gasteiger partial charge in [0.2, 0.25) is 0 Å². The summed E-state index contributed by atoms with van der Waals surface area (Å²) < 4.78 is 2.15. The molecule has 1 N–H and O–H groups in total. The lowest BCUT2D eigenvalue weighted by Gasteiger charge is -2.22. The molecular formula is C13H23N3. The first-order valence-corrected chi connectivity index (χ1v) is 6.50. The van der Waals surface area contributed by atoms with E-state index in [1.807, 2.05) is 6.20 Å². The lowest BCUT2D eigenvalue weighted by molar-refractivity contribution is 0.349. The van der Waals surface area contributed by atoms with Gasteiger partial charge in [0.15, 0.2) is 0 Å². The summed E-state index contributed by atoms with van der Waals surface area (Å²) in [6.45, 7) is 6.80. The fourth-order valence-corrected chi connectivity index (χ4v) is 2.53. The SMILES string of the molecule is CC(C)n1nccc1CCC1CCNCC1. The summed E-state index contributed by atoms with van der Waals surface area (Å²) in [4.78, 5) is 0. The summed E-state index contributed by atoms with van der Waals surface area (Å²) in [5, 5.41) is 7.80. The molecule has 0 unspecified atom stereocenters. The highest BCUT2D eigenvalue weighted by molar-refractivity contribution is 5.02. The van der Waals surface area contributed by atoms with E-state index in [1.54, 1.807) is 0 Å². The van der Waals surface area contributed by atoms with Crippen LogP contribution in [0.5, 0.6) is 0 Å². The minimum atomic E-state index is 0.484. The Labute approximate surface area is 98.2 Å². The van der Waals surface area contributed by atoms with Gasteiger partial charge < -0.3 is 5.32 Å². The predicted octanol–water partition coefficient (Wildman–Crippen LogP) is 2.40. The van der Waals surface area contributed by atoms with E-state index in [0.717, 1.165) is 5.92 Å². The van der Waals surface area contributed by atoms with E-state index in [0.29, 0.717) is 6.04 Å². The van der Waals surface area contributed by atoms with Crippen molar-refractivity contribution in [2.45, 2.75) is 45.6 Å². The van der Waals surface area contributed by atoms with Gasteiger partial charge in [0, 0.05) is 17.9 Å². The fourth-order valence-electron chi connectivity index (χ4n) is 2.53. The second-order valence-corrected chi connectivity index (χ2v) is 5.09. The van der Waals surface area contributed by atoms with Crippen molar-refractivity contribution in [2.24, 2.45) is 5.92 Å². The Morgan fingerprint density at radius 2 is 2.19 bits per heavy atom. The Kier molecular flexibility index (Phi) is 3.99. The molecule has 0 radical (unpaired) electrons. The molecule has 0 spiro atoms. The molecule has 1 aromatic heterocycles. The molecule has 0 amide bonds. The van der Waals surface area contributed by atoms with Crippen molar-refractivity contribution in [3.63, 3.8) is 0 Å². The number of rotatable bonds is 4. The third kappa shape index (κ3) is 2.85. The zero-order chi connectivity index (χ0) is 11.4. The number of nitrogens with zero attached hydrogens (tertiary/aromatic N) is 2. The van der Waals surface area contributed by atoms with Crippen molar-refractivity contribution in [2.75, 3.05) is 13.1 Å². The number of aryl methyl sites for hydroxylation is 1. The van der Waals surface area contributed by atoms with Crippen LogP contribution in [-0.2, 0) is 6.42 Å². The van der Waals surface area contributed by atoms with Crippen molar-refractivity contribution in [3.05, 3.63) is 18.0 Å². The number of aromatic nitrogens is 2. The van der Waals surface area contributed by atoms with Gasteiger partial charge >= 0.3 is 0 Å². The van der Waals surface area contributed by atoms with Crippen LogP contribution in [0.25, 0.3) is 0 Å². The highest BCUT2D eigenvalue weighted by Crippen LogP contribution is 2.19. The maximum Gasteiger partial charge on any atom is 0.0492 e. The van der Waals surface area contributed by atoms with E-state index in [1.165, 1.54) is 44.5 Å². The molecule has 3 nitrogen and oxygen atoms in total. The molecule has 3 heteroatoms. The molecular weight excluding hydrogens is 198 g/mol. The zero-order valence-electron chi connectivity index (χ0n) is 10.4. The van der Waals surface area contributed by atoms with Crippen LogP contribution in [0.2, 0.25) is 0 Å². The Hall–Kier alpha value is -0.830. The van der Waals surface area contributed by atoms with Crippen LogP contribution in [0.4, 0.5) is 0 Å². The first kappa shape index (κ1) is 11.6. The molecule has 1 saturated heterocycles. The summed E-state index contributed by atoms with van der Waals surface area (Å²) in [6.07, 6.45) is 7.12. The summed E-state index contributed by atoms with van der Waals surface area (Å²) in [5.41, 5.74) is 1.40. The van der Waals surface area contributed by atoms with E-state index in [4.69, 9.17) is 0 Å². The number of piperidine rings is 1. The zero-order valence-corrected chi connectivity index (χ0v) is 10.4. The quantitative estimate of drug-likeness (QED) is 0.846. The summed E-state index contributed by atoms with van der Waals surface area (Å²) in [6, 6.07) is 2.65. The van der Waals surface area contributed by atoms with Gasteiger partial charge in [-0.3, -0.25) is 4.68 Å². The molecule has 0 aliphatic carbocycles. The molecule has 16 heavy (non-hydrogen) atoms. The van der Waals surface area contributed by atoms with Crippen LogP contribution in [0.15, 0.2) is 12.3 Å². The first-order chi connectivity index (χ1) is 7.77. The predicted molar refractivity (Wildman–Crippen MR) is 66.5 cm³/mol. The lowest BCUT2D eigenvalue weighted by atomic mass is 9.92. The molecule has 0 bridgehead atoms. The maximum atomic E-state index is 4.38.